The molecule has 6 heteroatoms. The summed E-state index contributed by atoms with van der Waals surface area (Å²) in [5.74, 6) is -0.0470. The Morgan fingerprint density at radius 1 is 1.55 bits per heavy atom. The number of benzene rings is 1. The number of hydrogen-bond acceptors (Lipinski definition) is 2. The first kappa shape index (κ1) is 13.9. The van der Waals surface area contributed by atoms with Gasteiger partial charge in [0, 0.05) is 23.0 Å². The van der Waals surface area contributed by atoms with Gasteiger partial charge in [0.05, 0.1) is 6.04 Å². The van der Waals surface area contributed by atoms with Crippen molar-refractivity contribution in [1.82, 2.24) is 10.2 Å². The zero-order chi connectivity index (χ0) is 14.7. The normalized spacial score (nSPS) is 31.4. The predicted molar refractivity (Wildman–Crippen MR) is 80.5 cm³/mol. The first-order valence-electron chi connectivity index (χ1n) is 6.64. The van der Waals surface area contributed by atoms with Gasteiger partial charge in [0.25, 0.3) is 0 Å². The van der Waals surface area contributed by atoms with Crippen molar-refractivity contribution < 1.29 is 9.13 Å². The third-order valence-electron chi connectivity index (χ3n) is 4.40. The topological polar surface area (TPSA) is 24.5 Å². The number of rotatable bonds is 1. The Labute approximate surface area is 128 Å². The number of nitrogens with zero attached hydrogens (tertiary/aromatic N) is 1. The SMILES string of the molecule is CCN1C(=S)NC2c3cc(Cl)cc(F)c3OC1(C)C2C. The maximum Gasteiger partial charge on any atom is 0.186 e. The number of hydrogen-bond donors (Lipinski definition) is 1. The number of halogens is 2. The van der Waals surface area contributed by atoms with E-state index in [1.165, 1.54) is 6.07 Å². The van der Waals surface area contributed by atoms with E-state index in [0.29, 0.717) is 16.7 Å². The average molecular weight is 315 g/mol. The molecule has 108 valence electrons. The lowest BCUT2D eigenvalue weighted by molar-refractivity contribution is -0.110. The fourth-order valence-electron chi connectivity index (χ4n) is 3.17. The molecule has 3 unspecified atom stereocenters. The van der Waals surface area contributed by atoms with Crippen LogP contribution in [0.1, 0.15) is 32.4 Å². The highest BCUT2D eigenvalue weighted by Gasteiger charge is 2.53. The molecule has 2 heterocycles. The summed E-state index contributed by atoms with van der Waals surface area (Å²) in [6.45, 7) is 6.73. The fraction of sp³-hybridized carbons (Fsp3) is 0.500. The van der Waals surface area contributed by atoms with E-state index in [2.05, 4.69) is 12.2 Å². The van der Waals surface area contributed by atoms with E-state index in [1.54, 1.807) is 6.07 Å². The molecular weight excluding hydrogens is 299 g/mol. The van der Waals surface area contributed by atoms with Crippen LogP contribution >= 0.6 is 23.8 Å². The van der Waals surface area contributed by atoms with Crippen molar-refractivity contribution in [2.45, 2.75) is 32.5 Å². The van der Waals surface area contributed by atoms with Gasteiger partial charge < -0.3 is 15.0 Å². The number of thiocarbonyl (C=S) groups is 1. The van der Waals surface area contributed by atoms with Crippen molar-refractivity contribution in [2.24, 2.45) is 5.92 Å². The lowest BCUT2D eigenvalue weighted by Gasteiger charge is -2.56. The Bertz CT molecular complexity index is 597. The van der Waals surface area contributed by atoms with E-state index in [9.17, 15) is 4.39 Å². The summed E-state index contributed by atoms with van der Waals surface area (Å²) in [4.78, 5) is 1.96. The van der Waals surface area contributed by atoms with Crippen LogP contribution in [0.3, 0.4) is 0 Å². The molecule has 0 amide bonds. The van der Waals surface area contributed by atoms with E-state index in [-0.39, 0.29) is 17.7 Å². The monoisotopic (exact) mass is 314 g/mol. The molecule has 2 aliphatic heterocycles. The summed E-state index contributed by atoms with van der Waals surface area (Å²) >= 11 is 11.4. The molecule has 0 radical (unpaired) electrons. The zero-order valence-corrected chi connectivity index (χ0v) is 13.1. The standard InChI is InChI=1S/C14H16ClFN2OS/c1-4-18-13(20)17-11-7(2)14(18,3)19-12-9(11)5-8(15)6-10(12)16/h5-7,11H,4H2,1-3H3,(H,17,20). The van der Waals surface area contributed by atoms with Crippen LogP contribution in [0.15, 0.2) is 12.1 Å². The van der Waals surface area contributed by atoms with E-state index in [4.69, 9.17) is 28.6 Å². The average Bonchev–Trinajstić information content (AvgIpc) is 2.36. The van der Waals surface area contributed by atoms with E-state index < -0.39 is 11.5 Å². The van der Waals surface area contributed by atoms with E-state index in [1.807, 2.05) is 18.7 Å². The van der Waals surface area contributed by atoms with E-state index >= 15 is 0 Å². The third kappa shape index (κ3) is 1.72. The summed E-state index contributed by atoms with van der Waals surface area (Å²) in [5, 5.41) is 4.28. The molecular formula is C14H16ClFN2OS. The third-order valence-corrected chi connectivity index (χ3v) is 4.96. The molecule has 2 aliphatic rings. The molecule has 0 aliphatic carbocycles. The van der Waals surface area contributed by atoms with Crippen LogP contribution in [0.2, 0.25) is 5.02 Å². The second-order valence-corrected chi connectivity index (χ2v) is 6.25. The lowest BCUT2D eigenvalue weighted by atomic mass is 9.81. The van der Waals surface area contributed by atoms with Crippen LogP contribution in [-0.4, -0.2) is 22.3 Å². The smallest absolute Gasteiger partial charge is 0.186 e. The van der Waals surface area contributed by atoms with E-state index in [0.717, 1.165) is 5.56 Å². The van der Waals surface area contributed by atoms with Crippen LogP contribution in [0.4, 0.5) is 4.39 Å². The van der Waals surface area contributed by atoms with Gasteiger partial charge in [-0.05, 0) is 38.2 Å². The second-order valence-electron chi connectivity index (χ2n) is 5.42. The number of ether oxygens (including phenoxy) is 1. The van der Waals surface area contributed by atoms with Crippen molar-refractivity contribution in [3.05, 3.63) is 28.5 Å². The predicted octanol–water partition coefficient (Wildman–Crippen LogP) is 3.47. The largest absolute Gasteiger partial charge is 0.464 e. The molecule has 1 aromatic carbocycles. The van der Waals surface area contributed by atoms with Crippen LogP contribution in [0.5, 0.6) is 5.75 Å². The Kier molecular flexibility index (Phi) is 3.10. The quantitative estimate of drug-likeness (QED) is 0.802. The molecule has 1 aromatic rings. The van der Waals surface area contributed by atoms with Gasteiger partial charge in [0.2, 0.25) is 0 Å². The van der Waals surface area contributed by atoms with Crippen molar-refractivity contribution >= 4 is 28.9 Å². The molecule has 0 aromatic heterocycles. The summed E-state index contributed by atoms with van der Waals surface area (Å²) < 4.78 is 20.2. The summed E-state index contributed by atoms with van der Waals surface area (Å²) in [6.07, 6.45) is 0. The molecule has 1 fully saturated rings. The van der Waals surface area contributed by atoms with Gasteiger partial charge in [-0.3, -0.25) is 0 Å². The van der Waals surface area contributed by atoms with Crippen molar-refractivity contribution in [2.75, 3.05) is 6.54 Å². The van der Waals surface area contributed by atoms with Gasteiger partial charge in [0.1, 0.15) is 0 Å². The number of nitrogens with one attached hydrogen (secondary N) is 1. The molecule has 3 nitrogen and oxygen atoms in total. The highest BCUT2D eigenvalue weighted by molar-refractivity contribution is 7.80. The van der Waals surface area contributed by atoms with Gasteiger partial charge >= 0.3 is 0 Å². The molecule has 0 saturated carbocycles. The van der Waals surface area contributed by atoms with Gasteiger partial charge in [-0.2, -0.15) is 0 Å². The molecule has 1 saturated heterocycles. The summed E-state index contributed by atoms with van der Waals surface area (Å²) in [7, 11) is 0. The minimum atomic E-state index is -0.649. The Morgan fingerprint density at radius 3 is 2.90 bits per heavy atom. The maximum absolute atomic E-state index is 14.2. The molecule has 1 N–H and O–H groups in total. The summed E-state index contributed by atoms with van der Waals surface area (Å²) in [5.41, 5.74) is 0.0849. The van der Waals surface area contributed by atoms with Crippen molar-refractivity contribution in [3.63, 3.8) is 0 Å². The van der Waals surface area contributed by atoms with Gasteiger partial charge in [-0.25, -0.2) is 4.39 Å². The minimum absolute atomic E-state index is 0.0905. The van der Waals surface area contributed by atoms with Gasteiger partial charge in [-0.1, -0.05) is 18.5 Å². The zero-order valence-electron chi connectivity index (χ0n) is 11.5. The second kappa shape index (κ2) is 4.46. The molecule has 20 heavy (non-hydrogen) atoms. The highest BCUT2D eigenvalue weighted by atomic mass is 35.5. The molecule has 2 bridgehead atoms. The lowest BCUT2D eigenvalue weighted by Crippen LogP contribution is -2.68. The van der Waals surface area contributed by atoms with Crippen molar-refractivity contribution in [3.8, 4) is 5.75 Å². The Balaban J connectivity index is 2.19. The first-order valence-corrected chi connectivity index (χ1v) is 7.43. The van der Waals surface area contributed by atoms with Crippen molar-refractivity contribution in [1.29, 1.82) is 0 Å². The Morgan fingerprint density at radius 2 is 2.25 bits per heavy atom. The molecule has 3 atom stereocenters. The van der Waals surface area contributed by atoms with Crippen LogP contribution in [0.25, 0.3) is 0 Å². The maximum atomic E-state index is 14.2. The van der Waals surface area contributed by atoms with Crippen LogP contribution in [0, 0.1) is 11.7 Å². The number of fused-ring (bicyclic) bond motifs is 4. The molecule has 0 spiro atoms. The molecule has 3 rings (SSSR count). The minimum Gasteiger partial charge on any atom is -0.464 e. The van der Waals surface area contributed by atoms with Gasteiger partial charge in [0.15, 0.2) is 22.4 Å². The first-order chi connectivity index (χ1) is 9.38. The fourth-order valence-corrected chi connectivity index (χ4v) is 3.82. The Hall–Kier alpha value is -1.07. The van der Waals surface area contributed by atoms with Crippen LogP contribution in [-0.2, 0) is 0 Å². The summed E-state index contributed by atoms with van der Waals surface area (Å²) in [6, 6.07) is 2.94. The van der Waals surface area contributed by atoms with Crippen LogP contribution < -0.4 is 10.1 Å². The van der Waals surface area contributed by atoms with Gasteiger partial charge in [-0.15, -0.1) is 0 Å². The highest BCUT2D eigenvalue weighted by Crippen LogP contribution is 2.49.